The van der Waals surface area contributed by atoms with Gasteiger partial charge in [0.15, 0.2) is 0 Å². The van der Waals surface area contributed by atoms with E-state index in [1.165, 1.54) is 38.0 Å². The van der Waals surface area contributed by atoms with Gasteiger partial charge < -0.3 is 19.5 Å². The lowest BCUT2D eigenvalue weighted by molar-refractivity contribution is -0.119. The zero-order chi connectivity index (χ0) is 26.0. The number of sulfonamides is 1. The molecule has 1 amide bonds. The molecular formula is C27H32N2O6S. The number of ether oxygens (including phenoxy) is 3. The molecule has 0 aromatic heterocycles. The highest BCUT2D eigenvalue weighted by atomic mass is 32.2. The van der Waals surface area contributed by atoms with Crippen LogP contribution in [0.4, 0.5) is 5.69 Å². The van der Waals surface area contributed by atoms with Crippen molar-refractivity contribution in [2.24, 2.45) is 0 Å². The van der Waals surface area contributed by atoms with E-state index in [2.05, 4.69) is 12.2 Å². The molecule has 0 heterocycles. The summed E-state index contributed by atoms with van der Waals surface area (Å²) in [6, 6.07) is 20.5. The van der Waals surface area contributed by atoms with Crippen molar-refractivity contribution in [2.75, 3.05) is 38.2 Å². The molecule has 0 unspecified atom stereocenters. The number of aryl methyl sites for hydroxylation is 1. The van der Waals surface area contributed by atoms with E-state index in [-0.39, 0.29) is 29.5 Å². The Labute approximate surface area is 212 Å². The molecule has 0 saturated heterocycles. The van der Waals surface area contributed by atoms with E-state index in [0.29, 0.717) is 11.5 Å². The minimum Gasteiger partial charge on any atom is -0.497 e. The van der Waals surface area contributed by atoms with Crippen molar-refractivity contribution in [3.8, 4) is 17.2 Å². The number of benzene rings is 3. The van der Waals surface area contributed by atoms with Crippen LogP contribution in [0.5, 0.6) is 17.2 Å². The van der Waals surface area contributed by atoms with Crippen molar-refractivity contribution < 1.29 is 27.4 Å². The normalized spacial score (nSPS) is 11.0. The molecule has 3 rings (SSSR count). The van der Waals surface area contributed by atoms with E-state index in [1.807, 2.05) is 24.3 Å². The average Bonchev–Trinajstić information content (AvgIpc) is 2.91. The molecule has 0 spiro atoms. The average molecular weight is 513 g/mol. The summed E-state index contributed by atoms with van der Waals surface area (Å²) in [6.07, 6.45) is 2.09. The van der Waals surface area contributed by atoms with E-state index >= 15 is 0 Å². The van der Waals surface area contributed by atoms with Gasteiger partial charge in [0.2, 0.25) is 5.91 Å². The van der Waals surface area contributed by atoms with Crippen LogP contribution in [0.3, 0.4) is 0 Å². The number of carbonyl (C=O) groups is 1. The minimum absolute atomic E-state index is 0.0533. The number of hydrogen-bond donors (Lipinski definition) is 1. The first-order chi connectivity index (χ1) is 17.4. The molecule has 0 aliphatic rings. The summed E-state index contributed by atoms with van der Waals surface area (Å²) in [7, 11) is -1.17. The molecule has 36 heavy (non-hydrogen) atoms. The standard InChI is InChI=1S/C27H32N2O6S/c1-4-8-21-11-13-22(14-12-21)35-18-17-28-27(30)20-29(36(31,32)24-9-6-5-7-10-24)25-19-23(33-2)15-16-26(25)34-3/h5-7,9-16,19H,4,8,17-18,20H2,1-3H3,(H,28,30). The maximum absolute atomic E-state index is 13.5. The molecule has 0 saturated carbocycles. The third-order valence-electron chi connectivity index (χ3n) is 5.43. The van der Waals surface area contributed by atoms with Gasteiger partial charge in [0.1, 0.15) is 30.4 Å². The van der Waals surface area contributed by atoms with Crippen molar-refractivity contribution in [2.45, 2.75) is 24.7 Å². The number of carbonyl (C=O) groups excluding carboxylic acids is 1. The van der Waals surface area contributed by atoms with Crippen LogP contribution in [0.2, 0.25) is 0 Å². The Kier molecular flexibility index (Phi) is 9.58. The predicted molar refractivity (Wildman–Crippen MR) is 139 cm³/mol. The van der Waals surface area contributed by atoms with E-state index in [9.17, 15) is 13.2 Å². The summed E-state index contributed by atoms with van der Waals surface area (Å²) < 4.78 is 44.5. The quantitative estimate of drug-likeness (QED) is 0.347. The first-order valence-electron chi connectivity index (χ1n) is 11.7. The van der Waals surface area contributed by atoms with Crippen molar-refractivity contribution >= 4 is 21.6 Å². The molecule has 0 aliphatic heterocycles. The SMILES string of the molecule is CCCc1ccc(OCCNC(=O)CN(c2cc(OC)ccc2OC)S(=O)(=O)c2ccccc2)cc1. The van der Waals surface area contributed by atoms with Crippen LogP contribution < -0.4 is 23.8 Å². The summed E-state index contributed by atoms with van der Waals surface area (Å²) in [6.45, 7) is 2.13. The van der Waals surface area contributed by atoms with Gasteiger partial charge in [0, 0.05) is 6.07 Å². The van der Waals surface area contributed by atoms with Crippen molar-refractivity contribution in [3.63, 3.8) is 0 Å². The molecule has 0 bridgehead atoms. The summed E-state index contributed by atoms with van der Waals surface area (Å²) in [5.74, 6) is 0.940. The van der Waals surface area contributed by atoms with Crippen LogP contribution >= 0.6 is 0 Å². The van der Waals surface area contributed by atoms with Crippen LogP contribution in [-0.2, 0) is 21.2 Å². The van der Waals surface area contributed by atoms with Crippen molar-refractivity contribution in [3.05, 3.63) is 78.4 Å². The summed E-state index contributed by atoms with van der Waals surface area (Å²) in [4.78, 5) is 12.9. The summed E-state index contributed by atoms with van der Waals surface area (Å²) in [5.41, 5.74) is 1.44. The molecule has 8 nitrogen and oxygen atoms in total. The fourth-order valence-corrected chi connectivity index (χ4v) is 5.04. The van der Waals surface area contributed by atoms with Gasteiger partial charge >= 0.3 is 0 Å². The van der Waals surface area contributed by atoms with E-state index in [4.69, 9.17) is 14.2 Å². The number of hydrogen-bond acceptors (Lipinski definition) is 6. The van der Waals surface area contributed by atoms with Crippen molar-refractivity contribution in [1.82, 2.24) is 5.32 Å². The van der Waals surface area contributed by atoms with Crippen LogP contribution in [0.1, 0.15) is 18.9 Å². The Hall–Kier alpha value is -3.72. The molecule has 0 atom stereocenters. The van der Waals surface area contributed by atoms with Crippen molar-refractivity contribution in [1.29, 1.82) is 0 Å². The maximum atomic E-state index is 13.5. The highest BCUT2D eigenvalue weighted by Gasteiger charge is 2.29. The molecule has 1 N–H and O–H groups in total. The lowest BCUT2D eigenvalue weighted by Crippen LogP contribution is -2.42. The summed E-state index contributed by atoms with van der Waals surface area (Å²) in [5, 5.41) is 2.73. The number of amides is 1. The zero-order valence-corrected chi connectivity index (χ0v) is 21.6. The predicted octanol–water partition coefficient (Wildman–Crippen LogP) is 4.05. The minimum atomic E-state index is -4.08. The third kappa shape index (κ3) is 6.91. The molecule has 192 valence electrons. The van der Waals surface area contributed by atoms with Crippen LogP contribution in [0, 0.1) is 0 Å². The summed E-state index contributed by atoms with van der Waals surface area (Å²) >= 11 is 0. The number of rotatable bonds is 13. The highest BCUT2D eigenvalue weighted by molar-refractivity contribution is 7.92. The maximum Gasteiger partial charge on any atom is 0.264 e. The lowest BCUT2D eigenvalue weighted by Gasteiger charge is -2.26. The number of anilines is 1. The largest absolute Gasteiger partial charge is 0.497 e. The first-order valence-corrected chi connectivity index (χ1v) is 13.1. The van der Waals surface area contributed by atoms with E-state index < -0.39 is 22.5 Å². The van der Waals surface area contributed by atoms with Crippen LogP contribution in [-0.4, -0.2) is 48.2 Å². The van der Waals surface area contributed by atoms with Gasteiger partial charge in [0.05, 0.1) is 31.3 Å². The van der Waals surface area contributed by atoms with Gasteiger partial charge in [-0.1, -0.05) is 43.7 Å². The fourth-order valence-electron chi connectivity index (χ4n) is 3.60. The number of nitrogens with zero attached hydrogens (tertiary/aromatic N) is 1. The fraction of sp³-hybridized carbons (Fsp3) is 0.296. The Bertz CT molecular complexity index is 1230. The molecule has 3 aromatic rings. The Balaban J connectivity index is 1.73. The molecule has 3 aromatic carbocycles. The number of methoxy groups -OCH3 is 2. The monoisotopic (exact) mass is 512 g/mol. The molecule has 0 aliphatic carbocycles. The number of nitrogens with one attached hydrogen (secondary N) is 1. The van der Waals surface area contributed by atoms with E-state index in [1.54, 1.807) is 30.3 Å². The van der Waals surface area contributed by atoms with Gasteiger partial charge in [-0.2, -0.15) is 0 Å². The van der Waals surface area contributed by atoms with Gasteiger partial charge in [-0.05, 0) is 48.4 Å². The Morgan fingerprint density at radius 3 is 2.25 bits per heavy atom. The molecular weight excluding hydrogens is 480 g/mol. The second kappa shape index (κ2) is 12.8. The third-order valence-corrected chi connectivity index (χ3v) is 7.20. The van der Waals surface area contributed by atoms with Crippen LogP contribution in [0.25, 0.3) is 0 Å². The highest BCUT2D eigenvalue weighted by Crippen LogP contribution is 2.35. The second-order valence-corrected chi connectivity index (χ2v) is 9.82. The topological polar surface area (TPSA) is 94.2 Å². The van der Waals surface area contributed by atoms with Gasteiger partial charge in [-0.25, -0.2) is 8.42 Å². The van der Waals surface area contributed by atoms with Gasteiger partial charge in [-0.15, -0.1) is 0 Å². The molecule has 0 fully saturated rings. The lowest BCUT2D eigenvalue weighted by atomic mass is 10.1. The van der Waals surface area contributed by atoms with Gasteiger partial charge in [-0.3, -0.25) is 9.10 Å². The Morgan fingerprint density at radius 1 is 0.917 bits per heavy atom. The molecule has 0 radical (unpaired) electrons. The van der Waals surface area contributed by atoms with Gasteiger partial charge in [0.25, 0.3) is 10.0 Å². The smallest absolute Gasteiger partial charge is 0.264 e. The van der Waals surface area contributed by atoms with Crippen LogP contribution in [0.15, 0.2) is 77.7 Å². The molecule has 9 heteroatoms. The zero-order valence-electron chi connectivity index (χ0n) is 20.8. The second-order valence-electron chi connectivity index (χ2n) is 7.95. The Morgan fingerprint density at radius 2 is 1.61 bits per heavy atom. The first kappa shape index (κ1) is 26.9. The van der Waals surface area contributed by atoms with E-state index in [0.717, 1.165) is 17.1 Å².